The van der Waals surface area contributed by atoms with Crippen LogP contribution in [0, 0.1) is 0 Å². The number of nitrogens with one attached hydrogen (secondary N) is 2. The van der Waals surface area contributed by atoms with Gasteiger partial charge in [0.25, 0.3) is 5.91 Å². The zero-order chi connectivity index (χ0) is 16.4. The van der Waals surface area contributed by atoms with Crippen LogP contribution in [0.2, 0.25) is 0 Å². The van der Waals surface area contributed by atoms with Gasteiger partial charge >= 0.3 is 0 Å². The minimum atomic E-state index is -0.293. The van der Waals surface area contributed by atoms with E-state index in [0.29, 0.717) is 17.2 Å². The molecule has 2 N–H and O–H groups in total. The summed E-state index contributed by atoms with van der Waals surface area (Å²) >= 11 is 0. The molecule has 3 aromatic rings. The van der Waals surface area contributed by atoms with E-state index in [9.17, 15) is 4.79 Å². The van der Waals surface area contributed by atoms with Gasteiger partial charge in [0.2, 0.25) is 0 Å². The SMILES string of the molecule is CC(C)(C)c1cc(C(=O)Nc2cccnc2-n2cccn2)n[nH]1. The summed E-state index contributed by atoms with van der Waals surface area (Å²) in [5.74, 6) is 0.260. The van der Waals surface area contributed by atoms with Gasteiger partial charge in [-0.1, -0.05) is 20.8 Å². The molecule has 3 aromatic heterocycles. The van der Waals surface area contributed by atoms with Gasteiger partial charge in [0, 0.05) is 29.7 Å². The lowest BCUT2D eigenvalue weighted by Crippen LogP contribution is -2.15. The maximum Gasteiger partial charge on any atom is 0.276 e. The number of anilines is 1. The summed E-state index contributed by atoms with van der Waals surface area (Å²) in [6, 6.07) is 7.09. The first-order valence-electron chi connectivity index (χ1n) is 7.27. The van der Waals surface area contributed by atoms with Gasteiger partial charge in [0.15, 0.2) is 11.5 Å². The van der Waals surface area contributed by atoms with E-state index >= 15 is 0 Å². The number of aromatic amines is 1. The maximum absolute atomic E-state index is 12.4. The van der Waals surface area contributed by atoms with Crippen LogP contribution in [0.15, 0.2) is 42.9 Å². The van der Waals surface area contributed by atoms with E-state index in [2.05, 4.69) is 46.4 Å². The molecule has 3 heterocycles. The van der Waals surface area contributed by atoms with Crippen molar-refractivity contribution < 1.29 is 4.79 Å². The first-order chi connectivity index (χ1) is 10.9. The number of aromatic nitrogens is 5. The average molecular weight is 310 g/mol. The smallest absolute Gasteiger partial charge is 0.276 e. The molecule has 7 heteroatoms. The second-order valence-corrected chi connectivity index (χ2v) is 6.20. The first-order valence-corrected chi connectivity index (χ1v) is 7.27. The monoisotopic (exact) mass is 310 g/mol. The van der Waals surface area contributed by atoms with Gasteiger partial charge in [-0.15, -0.1) is 0 Å². The molecular formula is C16H18N6O. The highest BCUT2D eigenvalue weighted by molar-refractivity contribution is 6.03. The number of carbonyl (C=O) groups is 1. The number of nitrogens with zero attached hydrogens (tertiary/aromatic N) is 4. The number of rotatable bonds is 3. The molecule has 118 valence electrons. The van der Waals surface area contributed by atoms with Crippen LogP contribution in [0.5, 0.6) is 0 Å². The molecule has 0 aromatic carbocycles. The second kappa shape index (κ2) is 5.68. The zero-order valence-corrected chi connectivity index (χ0v) is 13.2. The van der Waals surface area contributed by atoms with E-state index in [1.165, 1.54) is 0 Å². The maximum atomic E-state index is 12.4. The summed E-state index contributed by atoms with van der Waals surface area (Å²) < 4.78 is 1.60. The molecule has 1 amide bonds. The van der Waals surface area contributed by atoms with E-state index in [-0.39, 0.29) is 11.3 Å². The third-order valence-electron chi connectivity index (χ3n) is 3.37. The van der Waals surface area contributed by atoms with E-state index in [0.717, 1.165) is 5.69 Å². The fraction of sp³-hybridized carbons (Fsp3) is 0.250. The molecule has 23 heavy (non-hydrogen) atoms. The lowest BCUT2D eigenvalue weighted by Gasteiger charge is -2.14. The van der Waals surface area contributed by atoms with Crippen LogP contribution in [0.25, 0.3) is 5.82 Å². The van der Waals surface area contributed by atoms with Crippen molar-refractivity contribution in [1.82, 2.24) is 25.0 Å². The Balaban J connectivity index is 1.85. The Kier molecular flexibility index (Phi) is 3.69. The van der Waals surface area contributed by atoms with Crippen LogP contribution in [0.1, 0.15) is 37.0 Å². The van der Waals surface area contributed by atoms with Crippen molar-refractivity contribution in [3.8, 4) is 5.82 Å². The van der Waals surface area contributed by atoms with Gasteiger partial charge in [-0.05, 0) is 24.3 Å². The predicted molar refractivity (Wildman–Crippen MR) is 86.6 cm³/mol. The van der Waals surface area contributed by atoms with Crippen molar-refractivity contribution in [2.75, 3.05) is 5.32 Å². The molecule has 0 saturated heterocycles. The van der Waals surface area contributed by atoms with Gasteiger partial charge in [-0.25, -0.2) is 9.67 Å². The Morgan fingerprint density at radius 2 is 2.09 bits per heavy atom. The fourth-order valence-corrected chi connectivity index (χ4v) is 2.08. The van der Waals surface area contributed by atoms with Crippen LogP contribution >= 0.6 is 0 Å². The molecular weight excluding hydrogens is 292 g/mol. The zero-order valence-electron chi connectivity index (χ0n) is 13.2. The number of carbonyl (C=O) groups excluding carboxylic acids is 1. The Morgan fingerprint density at radius 3 is 2.74 bits per heavy atom. The molecule has 0 atom stereocenters. The topological polar surface area (TPSA) is 88.5 Å². The average Bonchev–Trinajstić information content (AvgIpc) is 3.19. The van der Waals surface area contributed by atoms with Crippen LogP contribution in [-0.2, 0) is 5.41 Å². The Labute approximate surface area is 133 Å². The highest BCUT2D eigenvalue weighted by Crippen LogP contribution is 2.21. The summed E-state index contributed by atoms with van der Waals surface area (Å²) in [6.45, 7) is 6.16. The molecule has 0 unspecified atom stereocenters. The van der Waals surface area contributed by atoms with Crippen LogP contribution in [-0.4, -0.2) is 30.9 Å². The van der Waals surface area contributed by atoms with Gasteiger partial charge in [0.1, 0.15) is 0 Å². The van der Waals surface area contributed by atoms with Crippen molar-refractivity contribution >= 4 is 11.6 Å². The lowest BCUT2D eigenvalue weighted by molar-refractivity contribution is 0.102. The first kappa shape index (κ1) is 15.0. The summed E-state index contributed by atoms with van der Waals surface area (Å²) in [6.07, 6.45) is 5.08. The molecule has 0 saturated carbocycles. The van der Waals surface area contributed by atoms with Crippen LogP contribution in [0.3, 0.4) is 0 Å². The summed E-state index contributed by atoms with van der Waals surface area (Å²) in [4.78, 5) is 16.7. The lowest BCUT2D eigenvalue weighted by atomic mass is 9.92. The number of pyridine rings is 1. The molecule has 0 spiro atoms. The van der Waals surface area contributed by atoms with Crippen molar-refractivity contribution in [1.29, 1.82) is 0 Å². The summed E-state index contributed by atoms with van der Waals surface area (Å²) in [7, 11) is 0. The minimum absolute atomic E-state index is 0.0972. The standard InChI is InChI=1S/C16H18N6O/c1-16(2,3)13-10-12(20-21-13)15(23)19-11-6-4-7-17-14(11)22-9-5-8-18-22/h4-10H,1-3H3,(H,19,23)(H,20,21). The number of H-pyrrole nitrogens is 1. The van der Waals surface area contributed by atoms with Crippen molar-refractivity contribution in [3.05, 3.63) is 54.2 Å². The van der Waals surface area contributed by atoms with Crippen LogP contribution in [0.4, 0.5) is 5.69 Å². The normalized spacial score (nSPS) is 11.4. The molecule has 0 bridgehead atoms. The molecule has 0 aliphatic carbocycles. The van der Waals surface area contributed by atoms with Gasteiger partial charge < -0.3 is 5.32 Å². The third kappa shape index (κ3) is 3.13. The van der Waals surface area contributed by atoms with Gasteiger partial charge in [-0.2, -0.15) is 10.2 Å². The van der Waals surface area contributed by atoms with Crippen molar-refractivity contribution in [3.63, 3.8) is 0 Å². The van der Waals surface area contributed by atoms with E-state index in [1.807, 2.05) is 0 Å². The summed E-state index contributed by atoms with van der Waals surface area (Å²) in [5, 5.41) is 14.0. The van der Waals surface area contributed by atoms with Crippen molar-refractivity contribution in [2.45, 2.75) is 26.2 Å². The summed E-state index contributed by atoms with van der Waals surface area (Å²) in [5.41, 5.74) is 1.72. The molecule has 0 fully saturated rings. The Bertz CT molecular complexity index is 813. The van der Waals surface area contributed by atoms with Gasteiger partial charge in [-0.3, -0.25) is 9.89 Å². The highest BCUT2D eigenvalue weighted by Gasteiger charge is 2.20. The molecule has 0 aliphatic heterocycles. The van der Waals surface area contributed by atoms with Gasteiger partial charge in [0.05, 0.1) is 5.69 Å². The Hall–Kier alpha value is -2.96. The van der Waals surface area contributed by atoms with E-state index in [4.69, 9.17) is 0 Å². The highest BCUT2D eigenvalue weighted by atomic mass is 16.1. The largest absolute Gasteiger partial charge is 0.317 e. The number of amides is 1. The fourth-order valence-electron chi connectivity index (χ4n) is 2.08. The third-order valence-corrected chi connectivity index (χ3v) is 3.37. The van der Waals surface area contributed by atoms with E-state index in [1.54, 1.807) is 47.5 Å². The van der Waals surface area contributed by atoms with Crippen LogP contribution < -0.4 is 5.32 Å². The molecule has 7 nitrogen and oxygen atoms in total. The molecule has 0 radical (unpaired) electrons. The molecule has 3 rings (SSSR count). The quantitative estimate of drug-likeness (QED) is 0.778. The molecule has 0 aliphatic rings. The van der Waals surface area contributed by atoms with E-state index < -0.39 is 0 Å². The van der Waals surface area contributed by atoms with Crippen molar-refractivity contribution in [2.24, 2.45) is 0 Å². The Morgan fingerprint density at radius 1 is 1.26 bits per heavy atom. The minimum Gasteiger partial charge on any atom is -0.317 e. The second-order valence-electron chi connectivity index (χ2n) is 6.20. The predicted octanol–water partition coefficient (Wildman–Crippen LogP) is 2.54. The number of hydrogen-bond donors (Lipinski definition) is 2. The number of hydrogen-bond acceptors (Lipinski definition) is 4.